The molecular weight excluding hydrogens is 296 g/mol. The van der Waals surface area contributed by atoms with Gasteiger partial charge >= 0.3 is 11.9 Å². The number of carbonyl (C=O) groups excluding carboxylic acids is 3. The molecule has 0 saturated carbocycles. The summed E-state index contributed by atoms with van der Waals surface area (Å²) in [6, 6.07) is 8.84. The van der Waals surface area contributed by atoms with Gasteiger partial charge in [0.2, 0.25) is 0 Å². The molecule has 0 amide bonds. The first-order valence-electron chi connectivity index (χ1n) is 7.78. The molecule has 0 aliphatic carbocycles. The number of benzene rings is 1. The maximum atomic E-state index is 12.7. The van der Waals surface area contributed by atoms with E-state index in [4.69, 9.17) is 9.47 Å². The molecule has 0 aromatic heterocycles. The number of hydrogen-bond acceptors (Lipinski definition) is 5. The molecule has 5 heteroatoms. The standard InChI is InChI=1S/C18H22O5/c1-5-22-16(20)13-14(18(3,4)23-17(13)21)11(2)15(19)12-9-7-6-8-10-12/h6-11,13-14H,5H2,1-4H3/t11-,13+,14-/m0/s1. The van der Waals surface area contributed by atoms with Gasteiger partial charge in [-0.2, -0.15) is 0 Å². The Morgan fingerprint density at radius 2 is 1.87 bits per heavy atom. The number of esters is 2. The van der Waals surface area contributed by atoms with Gasteiger partial charge in [0.1, 0.15) is 5.60 Å². The molecule has 5 nitrogen and oxygen atoms in total. The third-order valence-corrected chi connectivity index (χ3v) is 4.33. The molecule has 3 atom stereocenters. The van der Waals surface area contributed by atoms with Gasteiger partial charge in [-0.05, 0) is 20.8 Å². The van der Waals surface area contributed by atoms with Gasteiger partial charge in [0.15, 0.2) is 11.7 Å². The Labute approximate surface area is 136 Å². The minimum Gasteiger partial charge on any atom is -0.465 e. The van der Waals surface area contributed by atoms with Crippen molar-refractivity contribution in [1.82, 2.24) is 0 Å². The lowest BCUT2D eigenvalue weighted by atomic mass is 9.72. The minimum atomic E-state index is -1.06. The van der Waals surface area contributed by atoms with Crippen molar-refractivity contribution < 1.29 is 23.9 Å². The minimum absolute atomic E-state index is 0.115. The number of ketones is 1. The van der Waals surface area contributed by atoms with Gasteiger partial charge in [-0.15, -0.1) is 0 Å². The second kappa shape index (κ2) is 6.52. The summed E-state index contributed by atoms with van der Waals surface area (Å²) in [7, 11) is 0. The van der Waals surface area contributed by atoms with E-state index >= 15 is 0 Å². The quantitative estimate of drug-likeness (QED) is 0.474. The Bertz CT molecular complexity index is 605. The van der Waals surface area contributed by atoms with Crippen LogP contribution in [0.4, 0.5) is 0 Å². The second-order valence-corrected chi connectivity index (χ2v) is 6.30. The highest BCUT2D eigenvalue weighted by Gasteiger charge is 2.57. The number of carbonyl (C=O) groups is 3. The van der Waals surface area contributed by atoms with Gasteiger partial charge in [-0.25, -0.2) is 0 Å². The van der Waals surface area contributed by atoms with Crippen LogP contribution >= 0.6 is 0 Å². The van der Waals surface area contributed by atoms with E-state index in [1.54, 1.807) is 52.0 Å². The zero-order valence-corrected chi connectivity index (χ0v) is 13.9. The number of ether oxygens (including phenoxy) is 2. The molecular formula is C18H22O5. The number of cyclic esters (lactones) is 1. The van der Waals surface area contributed by atoms with Crippen LogP contribution < -0.4 is 0 Å². The smallest absolute Gasteiger partial charge is 0.321 e. The summed E-state index contributed by atoms with van der Waals surface area (Å²) < 4.78 is 10.4. The molecule has 1 fully saturated rings. The molecule has 1 aliphatic heterocycles. The van der Waals surface area contributed by atoms with Crippen molar-refractivity contribution in [3.63, 3.8) is 0 Å². The van der Waals surface area contributed by atoms with Crippen molar-refractivity contribution in [2.75, 3.05) is 6.61 Å². The normalized spacial score (nSPS) is 23.9. The van der Waals surface area contributed by atoms with E-state index in [0.717, 1.165) is 0 Å². The van der Waals surface area contributed by atoms with E-state index in [0.29, 0.717) is 5.56 Å². The fourth-order valence-electron chi connectivity index (χ4n) is 3.33. The van der Waals surface area contributed by atoms with Crippen LogP contribution in [0.25, 0.3) is 0 Å². The largest absolute Gasteiger partial charge is 0.465 e. The predicted molar refractivity (Wildman–Crippen MR) is 83.7 cm³/mol. The molecule has 0 spiro atoms. The van der Waals surface area contributed by atoms with Gasteiger partial charge in [-0.3, -0.25) is 14.4 Å². The first kappa shape index (κ1) is 17.2. The lowest BCUT2D eigenvalue weighted by Gasteiger charge is -2.30. The van der Waals surface area contributed by atoms with Crippen LogP contribution in [0.2, 0.25) is 0 Å². The fourth-order valence-corrected chi connectivity index (χ4v) is 3.33. The molecule has 1 aromatic carbocycles. The van der Waals surface area contributed by atoms with Crippen LogP contribution in [0.15, 0.2) is 30.3 Å². The Morgan fingerprint density at radius 3 is 2.43 bits per heavy atom. The Hall–Kier alpha value is -2.17. The number of Topliss-reactive ketones (excluding diaryl/α,β-unsaturated/α-hetero) is 1. The van der Waals surface area contributed by atoms with Gasteiger partial charge in [0, 0.05) is 17.4 Å². The van der Waals surface area contributed by atoms with Gasteiger partial charge in [0.25, 0.3) is 0 Å². The first-order valence-corrected chi connectivity index (χ1v) is 7.78. The number of rotatable bonds is 5. The average molecular weight is 318 g/mol. The van der Waals surface area contributed by atoms with Gasteiger partial charge < -0.3 is 9.47 Å². The second-order valence-electron chi connectivity index (χ2n) is 6.30. The third-order valence-electron chi connectivity index (χ3n) is 4.33. The van der Waals surface area contributed by atoms with Crippen molar-refractivity contribution in [3.05, 3.63) is 35.9 Å². The maximum Gasteiger partial charge on any atom is 0.321 e. The van der Waals surface area contributed by atoms with Crippen LogP contribution in [0, 0.1) is 17.8 Å². The first-order chi connectivity index (χ1) is 10.8. The van der Waals surface area contributed by atoms with Gasteiger partial charge in [-0.1, -0.05) is 37.3 Å². The third kappa shape index (κ3) is 3.28. The molecule has 1 heterocycles. The molecule has 0 unspecified atom stereocenters. The highest BCUT2D eigenvalue weighted by atomic mass is 16.6. The van der Waals surface area contributed by atoms with E-state index in [9.17, 15) is 14.4 Å². The lowest BCUT2D eigenvalue weighted by molar-refractivity contribution is -0.157. The van der Waals surface area contributed by atoms with Crippen LogP contribution in [-0.4, -0.2) is 29.9 Å². The number of hydrogen-bond donors (Lipinski definition) is 0. The Morgan fingerprint density at radius 1 is 1.26 bits per heavy atom. The van der Waals surface area contributed by atoms with Crippen molar-refractivity contribution in [2.24, 2.45) is 17.8 Å². The fraction of sp³-hybridized carbons (Fsp3) is 0.500. The van der Waals surface area contributed by atoms with E-state index < -0.39 is 35.3 Å². The zero-order valence-electron chi connectivity index (χ0n) is 13.9. The summed E-state index contributed by atoms with van der Waals surface area (Å²) in [5, 5.41) is 0. The van der Waals surface area contributed by atoms with E-state index in [1.807, 2.05) is 6.07 Å². The summed E-state index contributed by atoms with van der Waals surface area (Å²) in [4.78, 5) is 37.1. The molecule has 0 radical (unpaired) electrons. The molecule has 124 valence electrons. The van der Waals surface area contributed by atoms with Crippen LogP contribution in [0.5, 0.6) is 0 Å². The van der Waals surface area contributed by atoms with Crippen LogP contribution in [0.3, 0.4) is 0 Å². The van der Waals surface area contributed by atoms with E-state index in [2.05, 4.69) is 0 Å². The SMILES string of the molecule is CCOC(=O)[C@@H]1C(=O)OC(C)(C)[C@H]1[C@H](C)C(=O)c1ccccc1. The zero-order chi connectivity index (χ0) is 17.2. The Balaban J connectivity index is 2.34. The van der Waals surface area contributed by atoms with Crippen molar-refractivity contribution in [2.45, 2.75) is 33.3 Å². The summed E-state index contributed by atoms with van der Waals surface area (Å²) in [5.74, 6) is -3.54. The molecule has 1 saturated heterocycles. The van der Waals surface area contributed by atoms with E-state index in [-0.39, 0.29) is 12.4 Å². The highest BCUT2D eigenvalue weighted by Crippen LogP contribution is 2.43. The van der Waals surface area contributed by atoms with Crippen molar-refractivity contribution in [1.29, 1.82) is 0 Å². The lowest BCUT2D eigenvalue weighted by Crippen LogP contribution is -2.41. The van der Waals surface area contributed by atoms with Crippen molar-refractivity contribution in [3.8, 4) is 0 Å². The highest BCUT2D eigenvalue weighted by molar-refractivity contribution is 6.01. The van der Waals surface area contributed by atoms with Crippen LogP contribution in [-0.2, 0) is 19.1 Å². The molecule has 23 heavy (non-hydrogen) atoms. The van der Waals surface area contributed by atoms with Gasteiger partial charge in [0.05, 0.1) is 6.61 Å². The molecule has 2 rings (SSSR count). The summed E-state index contributed by atoms with van der Waals surface area (Å²) in [6.45, 7) is 7.04. The Kier molecular flexibility index (Phi) is 4.88. The molecule has 0 N–H and O–H groups in total. The monoisotopic (exact) mass is 318 g/mol. The average Bonchev–Trinajstić information content (AvgIpc) is 2.75. The topological polar surface area (TPSA) is 69.7 Å². The van der Waals surface area contributed by atoms with Crippen LogP contribution in [0.1, 0.15) is 38.1 Å². The summed E-state index contributed by atoms with van der Waals surface area (Å²) >= 11 is 0. The summed E-state index contributed by atoms with van der Waals surface area (Å²) in [6.07, 6.45) is 0. The summed E-state index contributed by atoms with van der Waals surface area (Å²) in [5.41, 5.74) is -0.351. The molecule has 1 aliphatic rings. The molecule has 1 aromatic rings. The predicted octanol–water partition coefficient (Wildman–Crippen LogP) is 2.64. The molecule has 0 bridgehead atoms. The van der Waals surface area contributed by atoms with Crippen molar-refractivity contribution >= 4 is 17.7 Å². The van der Waals surface area contributed by atoms with E-state index in [1.165, 1.54) is 0 Å². The maximum absolute atomic E-state index is 12.7.